The molecule has 0 radical (unpaired) electrons. The van der Waals surface area contributed by atoms with Gasteiger partial charge in [0.25, 0.3) is 11.5 Å². The summed E-state index contributed by atoms with van der Waals surface area (Å²) in [7, 11) is 0. The Kier molecular flexibility index (Phi) is 5.10. The van der Waals surface area contributed by atoms with E-state index in [1.54, 1.807) is 24.3 Å². The lowest BCUT2D eigenvalue weighted by atomic mass is 10.1. The molecule has 2 N–H and O–H groups in total. The largest absolute Gasteiger partial charge is 0.481 e. The molecule has 0 aliphatic rings. The van der Waals surface area contributed by atoms with E-state index in [0.29, 0.717) is 17.3 Å². The topological polar surface area (TPSA) is 101 Å². The van der Waals surface area contributed by atoms with Crippen molar-refractivity contribution < 1.29 is 14.7 Å². The maximum atomic E-state index is 12.4. The number of carbonyl (C=O) groups excluding carboxylic acids is 1. The number of hydrogen-bond acceptors (Lipinski definition) is 4. The first kappa shape index (κ1) is 16.7. The van der Waals surface area contributed by atoms with Gasteiger partial charge in [0.1, 0.15) is 0 Å². The number of rotatable bonds is 6. The fraction of sp³-hybridized carbons (Fsp3) is 0.375. The number of carboxylic acid groups (broad SMARTS) is 1. The van der Waals surface area contributed by atoms with Crippen LogP contribution in [0.4, 0.5) is 0 Å². The van der Waals surface area contributed by atoms with E-state index in [-0.39, 0.29) is 30.1 Å². The molecule has 0 unspecified atom stereocenters. The normalized spacial score (nSPS) is 10.9. The standard InChI is InChI=1S/C16H19N3O4/c1-10(2)9-19-16(23)12-6-4-3-5-11(12)14(18-19)15(22)17-8-7-13(20)21/h3-6,10H,7-9H2,1-2H3,(H,17,22)(H,20,21). The summed E-state index contributed by atoms with van der Waals surface area (Å²) >= 11 is 0. The average Bonchev–Trinajstić information content (AvgIpc) is 2.49. The van der Waals surface area contributed by atoms with Gasteiger partial charge in [0.05, 0.1) is 11.8 Å². The van der Waals surface area contributed by atoms with Crippen LogP contribution in [-0.4, -0.2) is 33.3 Å². The maximum absolute atomic E-state index is 12.4. The molecule has 1 amide bonds. The van der Waals surface area contributed by atoms with Crippen LogP contribution in [0, 0.1) is 5.92 Å². The summed E-state index contributed by atoms with van der Waals surface area (Å²) in [6, 6.07) is 6.78. The van der Waals surface area contributed by atoms with Crippen molar-refractivity contribution in [3.8, 4) is 0 Å². The first-order valence-corrected chi connectivity index (χ1v) is 7.40. The summed E-state index contributed by atoms with van der Waals surface area (Å²) < 4.78 is 1.29. The third kappa shape index (κ3) is 3.94. The Bertz CT molecular complexity index is 796. The summed E-state index contributed by atoms with van der Waals surface area (Å²) in [5.41, 5.74) is -0.109. The lowest BCUT2D eigenvalue weighted by molar-refractivity contribution is -0.136. The summed E-state index contributed by atoms with van der Waals surface area (Å²) in [6.45, 7) is 4.32. The van der Waals surface area contributed by atoms with Crippen LogP contribution >= 0.6 is 0 Å². The van der Waals surface area contributed by atoms with E-state index in [0.717, 1.165) is 0 Å². The second kappa shape index (κ2) is 7.04. The molecule has 1 heterocycles. The molecule has 7 nitrogen and oxygen atoms in total. The zero-order valence-electron chi connectivity index (χ0n) is 13.1. The van der Waals surface area contributed by atoms with Gasteiger partial charge in [-0.3, -0.25) is 14.4 Å². The van der Waals surface area contributed by atoms with Crippen molar-refractivity contribution in [1.29, 1.82) is 0 Å². The van der Waals surface area contributed by atoms with E-state index in [2.05, 4.69) is 10.4 Å². The minimum atomic E-state index is -0.993. The molecule has 1 aromatic carbocycles. The van der Waals surface area contributed by atoms with Crippen molar-refractivity contribution >= 4 is 22.6 Å². The first-order chi connectivity index (χ1) is 10.9. The number of nitrogens with zero attached hydrogens (tertiary/aromatic N) is 2. The van der Waals surface area contributed by atoms with Gasteiger partial charge in [-0.15, -0.1) is 0 Å². The van der Waals surface area contributed by atoms with Crippen LogP contribution < -0.4 is 10.9 Å². The molecule has 2 rings (SSSR count). The Morgan fingerprint density at radius 2 is 1.91 bits per heavy atom. The van der Waals surface area contributed by atoms with Crippen LogP contribution in [0.5, 0.6) is 0 Å². The highest BCUT2D eigenvalue weighted by molar-refractivity contribution is 6.04. The van der Waals surface area contributed by atoms with Crippen molar-refractivity contribution in [1.82, 2.24) is 15.1 Å². The molecule has 0 aliphatic heterocycles. The third-order valence-corrected chi connectivity index (χ3v) is 3.25. The molecule has 0 fully saturated rings. The predicted molar refractivity (Wildman–Crippen MR) is 85.4 cm³/mol. The molecule has 1 aromatic heterocycles. The van der Waals surface area contributed by atoms with Crippen molar-refractivity contribution in [2.24, 2.45) is 5.92 Å². The van der Waals surface area contributed by atoms with Crippen molar-refractivity contribution in [2.45, 2.75) is 26.8 Å². The zero-order chi connectivity index (χ0) is 17.0. The van der Waals surface area contributed by atoms with Gasteiger partial charge in [0, 0.05) is 18.5 Å². The Morgan fingerprint density at radius 3 is 2.52 bits per heavy atom. The lowest BCUT2D eigenvalue weighted by Gasteiger charge is -2.12. The van der Waals surface area contributed by atoms with Crippen LogP contribution in [-0.2, 0) is 11.3 Å². The number of amides is 1. The number of aliphatic carboxylic acids is 1. The van der Waals surface area contributed by atoms with E-state index in [1.165, 1.54) is 4.68 Å². The van der Waals surface area contributed by atoms with Gasteiger partial charge in [0.15, 0.2) is 5.69 Å². The van der Waals surface area contributed by atoms with E-state index in [9.17, 15) is 14.4 Å². The van der Waals surface area contributed by atoms with E-state index in [1.807, 2.05) is 13.8 Å². The highest BCUT2D eigenvalue weighted by Gasteiger charge is 2.17. The number of carboxylic acids is 1. The minimum Gasteiger partial charge on any atom is -0.481 e. The van der Waals surface area contributed by atoms with Crippen LogP contribution in [0.25, 0.3) is 10.8 Å². The molecule has 0 saturated heterocycles. The molecule has 0 bridgehead atoms. The van der Waals surface area contributed by atoms with E-state index in [4.69, 9.17) is 5.11 Å². The first-order valence-electron chi connectivity index (χ1n) is 7.40. The summed E-state index contributed by atoms with van der Waals surface area (Å²) in [5, 5.41) is 16.2. The summed E-state index contributed by atoms with van der Waals surface area (Å²) in [5.74, 6) is -1.28. The molecule has 122 valence electrons. The van der Waals surface area contributed by atoms with Crippen molar-refractivity contribution in [3.05, 3.63) is 40.3 Å². The molecular formula is C16H19N3O4. The number of aromatic nitrogens is 2. The van der Waals surface area contributed by atoms with Crippen molar-refractivity contribution in [3.63, 3.8) is 0 Å². The summed E-state index contributed by atoms with van der Waals surface area (Å²) in [4.78, 5) is 35.3. The third-order valence-electron chi connectivity index (χ3n) is 3.25. The van der Waals surface area contributed by atoms with Gasteiger partial charge >= 0.3 is 5.97 Å². The second-order valence-electron chi connectivity index (χ2n) is 5.67. The molecule has 23 heavy (non-hydrogen) atoms. The Hall–Kier alpha value is -2.70. The summed E-state index contributed by atoms with van der Waals surface area (Å²) in [6.07, 6.45) is -0.171. The molecule has 0 atom stereocenters. The SMILES string of the molecule is CC(C)Cn1nc(C(=O)NCCC(=O)O)c2ccccc2c1=O. The van der Waals surface area contributed by atoms with Gasteiger partial charge in [-0.1, -0.05) is 32.0 Å². The Morgan fingerprint density at radius 1 is 1.26 bits per heavy atom. The molecule has 0 aliphatic carbocycles. The van der Waals surface area contributed by atoms with E-state index >= 15 is 0 Å². The number of nitrogens with one attached hydrogen (secondary N) is 1. The van der Waals surface area contributed by atoms with Crippen LogP contribution in [0.3, 0.4) is 0 Å². The monoisotopic (exact) mass is 317 g/mol. The highest BCUT2D eigenvalue weighted by Crippen LogP contribution is 2.13. The van der Waals surface area contributed by atoms with Gasteiger partial charge in [0.2, 0.25) is 0 Å². The number of hydrogen-bond donors (Lipinski definition) is 2. The molecule has 0 saturated carbocycles. The number of benzene rings is 1. The lowest BCUT2D eigenvalue weighted by Crippen LogP contribution is -2.32. The zero-order valence-corrected chi connectivity index (χ0v) is 13.1. The van der Waals surface area contributed by atoms with Gasteiger partial charge in [-0.2, -0.15) is 5.10 Å². The number of carbonyl (C=O) groups is 2. The van der Waals surface area contributed by atoms with Crippen LogP contribution in [0.15, 0.2) is 29.1 Å². The maximum Gasteiger partial charge on any atom is 0.305 e. The second-order valence-corrected chi connectivity index (χ2v) is 5.67. The minimum absolute atomic E-state index is 0.00742. The Labute approximate surface area is 132 Å². The van der Waals surface area contributed by atoms with Gasteiger partial charge in [-0.25, -0.2) is 4.68 Å². The molecule has 2 aromatic rings. The molecular weight excluding hydrogens is 298 g/mol. The van der Waals surface area contributed by atoms with Crippen LogP contribution in [0.1, 0.15) is 30.8 Å². The van der Waals surface area contributed by atoms with Gasteiger partial charge in [-0.05, 0) is 12.0 Å². The fourth-order valence-electron chi connectivity index (χ4n) is 2.24. The predicted octanol–water partition coefficient (Wildman–Crippen LogP) is 1.26. The number of fused-ring (bicyclic) bond motifs is 1. The Balaban J connectivity index is 2.45. The average molecular weight is 317 g/mol. The quantitative estimate of drug-likeness (QED) is 0.835. The highest BCUT2D eigenvalue weighted by atomic mass is 16.4. The molecule has 7 heteroatoms. The van der Waals surface area contributed by atoms with Crippen LogP contribution in [0.2, 0.25) is 0 Å². The molecule has 0 spiro atoms. The van der Waals surface area contributed by atoms with Gasteiger partial charge < -0.3 is 10.4 Å². The fourth-order valence-corrected chi connectivity index (χ4v) is 2.24. The smallest absolute Gasteiger partial charge is 0.305 e. The van der Waals surface area contributed by atoms with Crippen molar-refractivity contribution in [2.75, 3.05) is 6.54 Å². The van der Waals surface area contributed by atoms with E-state index < -0.39 is 11.9 Å².